The van der Waals surface area contributed by atoms with Crippen molar-refractivity contribution in [2.45, 2.75) is 18.9 Å². The second kappa shape index (κ2) is 65.9. The van der Waals surface area contributed by atoms with Crippen LogP contribution in [-0.2, 0) is 61.9 Å². The molecule has 0 unspecified atom stereocenters. The summed E-state index contributed by atoms with van der Waals surface area (Å²) in [6.45, 7) is 48.2. The predicted octanol–water partition coefficient (Wildman–Crippen LogP) is 7.75. The van der Waals surface area contributed by atoms with Crippen molar-refractivity contribution in [3.8, 4) is 0 Å². The number of sulfone groups is 1. The molecule has 15 nitrogen and oxygen atoms in total. The number of hydrogen-bond donors (Lipinski definition) is 1. The number of carbonyl (C=O) groups is 1. The lowest BCUT2D eigenvalue weighted by atomic mass is 10.3. The Balaban J connectivity index is -0.000000148. The van der Waals surface area contributed by atoms with E-state index in [-0.39, 0.29) is 26.4 Å². The molecule has 60 heavy (non-hydrogen) atoms. The van der Waals surface area contributed by atoms with Crippen LogP contribution in [0.4, 0.5) is 4.79 Å². The molecule has 0 aliphatic heterocycles. The van der Waals surface area contributed by atoms with Crippen LogP contribution >= 0.6 is 0 Å². The van der Waals surface area contributed by atoms with Crippen molar-refractivity contribution in [1.29, 1.82) is 0 Å². The molecule has 0 fully saturated rings. The quantitative estimate of drug-likeness (QED) is 0.0280. The maximum Gasteiger partial charge on any atom is 0.508 e. The summed E-state index contributed by atoms with van der Waals surface area (Å²) in [6.07, 6.45) is 16.1. The molecule has 0 rings (SSSR count). The fraction of sp³-hybridized carbons (Fsp3) is 0.432. The average Bonchev–Trinajstić information content (AvgIpc) is 3.25. The first-order valence-electron chi connectivity index (χ1n) is 18.4. The van der Waals surface area contributed by atoms with Crippen LogP contribution in [0.3, 0.4) is 0 Å². The van der Waals surface area contributed by atoms with Gasteiger partial charge in [-0.15, -0.1) is 26.3 Å². The van der Waals surface area contributed by atoms with Gasteiger partial charge in [0.2, 0.25) is 0 Å². The molecule has 0 heterocycles. The second-order valence-corrected chi connectivity index (χ2v) is 11.7. The van der Waals surface area contributed by atoms with E-state index in [2.05, 4.69) is 88.4 Å². The predicted molar refractivity (Wildman–Crippen MR) is 242 cm³/mol. The number of carbonyl (C=O) groups excluding carboxylic acids is 1. The minimum Gasteiger partial charge on any atom is -0.502 e. The van der Waals surface area contributed by atoms with E-state index in [1.54, 1.807) is 24.3 Å². The van der Waals surface area contributed by atoms with Gasteiger partial charge in [-0.2, -0.15) is 0 Å². The third-order valence-electron chi connectivity index (χ3n) is 4.97. The van der Waals surface area contributed by atoms with E-state index in [0.717, 1.165) is 36.9 Å². The summed E-state index contributed by atoms with van der Waals surface area (Å²) in [6, 6.07) is 0. The summed E-state index contributed by atoms with van der Waals surface area (Å²) < 4.78 is 74.0. The summed E-state index contributed by atoms with van der Waals surface area (Å²) in [5, 5.41) is 10.9. The highest BCUT2D eigenvalue weighted by molar-refractivity contribution is 7.97. The van der Waals surface area contributed by atoms with Gasteiger partial charge in [-0.05, 0) is 12.8 Å². The highest BCUT2D eigenvalue weighted by Gasteiger charge is 2.02. The van der Waals surface area contributed by atoms with Crippen molar-refractivity contribution in [2.75, 3.05) is 106 Å². The van der Waals surface area contributed by atoms with E-state index < -0.39 is 22.1 Å². The molecule has 0 aromatic carbocycles. The molecule has 0 aromatic heterocycles. The van der Waals surface area contributed by atoms with Crippen LogP contribution in [-0.4, -0.2) is 131 Å². The molecule has 0 spiro atoms. The van der Waals surface area contributed by atoms with Crippen molar-refractivity contribution in [3.05, 3.63) is 151 Å². The van der Waals surface area contributed by atoms with Gasteiger partial charge >= 0.3 is 6.16 Å². The Morgan fingerprint density at radius 3 is 1.02 bits per heavy atom. The van der Waals surface area contributed by atoms with Crippen LogP contribution in [0.2, 0.25) is 0 Å². The summed E-state index contributed by atoms with van der Waals surface area (Å²) in [5.41, 5.74) is 0. The minimum atomic E-state index is -3.13. The number of ether oxygens (including phenoxy) is 11. The van der Waals surface area contributed by atoms with Crippen LogP contribution in [0, 0.1) is 0 Å². The van der Waals surface area contributed by atoms with Crippen LogP contribution < -0.4 is 0 Å². The fourth-order valence-corrected chi connectivity index (χ4v) is 2.60. The molecular weight excluding hydrogens is 801 g/mol. The highest BCUT2D eigenvalue weighted by atomic mass is 32.2. The summed E-state index contributed by atoms with van der Waals surface area (Å²) in [7, 11) is -3.13. The molecular formula is C44H74O15S. The number of aliphatic hydroxyl groups excluding tert-OH is 1. The van der Waals surface area contributed by atoms with Gasteiger partial charge in [0.15, 0.2) is 9.84 Å². The number of hydrogen-bond acceptors (Lipinski definition) is 15. The first kappa shape index (κ1) is 66.9. The molecule has 0 aromatic rings. The van der Waals surface area contributed by atoms with Gasteiger partial charge in [0.25, 0.3) is 0 Å². The molecule has 0 bridgehead atoms. The Bertz CT molecular complexity index is 1080. The topological polar surface area (TPSA) is 173 Å². The van der Waals surface area contributed by atoms with Crippen molar-refractivity contribution < 1.29 is 70.4 Å². The second-order valence-electron chi connectivity index (χ2n) is 9.87. The first-order valence-corrected chi connectivity index (χ1v) is 20.0. The lowest BCUT2D eigenvalue weighted by molar-refractivity contribution is -0.00645. The molecule has 0 amide bonds. The maximum absolute atomic E-state index is 10.4. The minimum absolute atomic E-state index is 0.177. The zero-order valence-corrected chi connectivity index (χ0v) is 36.6. The zero-order valence-electron chi connectivity index (χ0n) is 35.8. The van der Waals surface area contributed by atoms with Crippen molar-refractivity contribution in [2.24, 2.45) is 0 Å². The van der Waals surface area contributed by atoms with E-state index in [9.17, 15) is 18.3 Å². The van der Waals surface area contributed by atoms with E-state index in [4.69, 9.17) is 42.6 Å². The van der Waals surface area contributed by atoms with Gasteiger partial charge in [-0.25, -0.2) is 13.2 Å². The Kier molecular flexibility index (Phi) is 73.4. The average molecular weight is 875 g/mol. The molecule has 16 heteroatoms. The summed E-state index contributed by atoms with van der Waals surface area (Å²) in [5.74, 6) is 0. The Labute approximate surface area is 361 Å². The monoisotopic (exact) mass is 874 g/mol. The Morgan fingerprint density at radius 1 is 0.433 bits per heavy atom. The van der Waals surface area contributed by atoms with Crippen LogP contribution in [0.5, 0.6) is 0 Å². The standard InChI is InChI=1S/C10H18O4.C9H16O3.C8H14O2.C7H10O3.C6H10O.C4H6O2S/c1-3-11-5-7-13-9-10-14-8-6-12-4-2;1-3-5-11-7-9(10)8-12-6-4-2;1-3-9-7-5-6-8-10-4-2;1-3-5-9-7(8)10-6-4-2;1-3-5-7-6-4-2;1-3-7(5,6)4-2/h3-4H,1-2,5-10H2;3-4,9-10H,1-2,5-8H2;3-4H,1-2,5-8H2;3-4H,1-2,5-6H2;3-4H,1-2,5-6H2;3-4H,1-2H2. The normalized spacial score (nSPS) is 9.10. The van der Waals surface area contributed by atoms with Crippen LogP contribution in [0.1, 0.15) is 12.8 Å². The molecule has 0 aliphatic carbocycles. The van der Waals surface area contributed by atoms with Gasteiger partial charge in [0, 0.05) is 10.8 Å². The Morgan fingerprint density at radius 2 is 0.733 bits per heavy atom. The van der Waals surface area contributed by atoms with E-state index in [1.165, 1.54) is 37.2 Å². The molecule has 0 saturated heterocycles. The largest absolute Gasteiger partial charge is 0.508 e. The highest BCUT2D eigenvalue weighted by Crippen LogP contribution is 1.91. The third kappa shape index (κ3) is 85.3. The van der Waals surface area contributed by atoms with Gasteiger partial charge in [-0.3, -0.25) is 0 Å². The molecule has 346 valence electrons. The van der Waals surface area contributed by atoms with Gasteiger partial charge < -0.3 is 57.2 Å². The summed E-state index contributed by atoms with van der Waals surface area (Å²) >= 11 is 0. The molecule has 0 atom stereocenters. The van der Waals surface area contributed by atoms with Crippen molar-refractivity contribution >= 4 is 16.0 Å². The fourth-order valence-electron chi connectivity index (χ4n) is 2.46. The smallest absolute Gasteiger partial charge is 0.502 e. The third-order valence-corrected chi connectivity index (χ3v) is 5.90. The van der Waals surface area contributed by atoms with E-state index in [0.29, 0.717) is 66.1 Å². The van der Waals surface area contributed by atoms with Gasteiger partial charge in [-0.1, -0.05) is 89.1 Å². The van der Waals surface area contributed by atoms with E-state index >= 15 is 0 Å². The molecule has 0 aliphatic rings. The van der Waals surface area contributed by atoms with Gasteiger partial charge in [0.1, 0.15) is 32.5 Å². The zero-order chi connectivity index (χ0) is 46.6. The van der Waals surface area contributed by atoms with Gasteiger partial charge in [0.05, 0.1) is 104 Å². The SMILES string of the molecule is C=CCOC(=O)OCC=C.C=CCOCC(O)COCC=C.C=CCOCC=C.C=COCCCCOC=C.C=COCCOCCOCCOC=C.C=CS(=O)(=O)C=C. The Hall–Kier alpha value is -4.94. The molecule has 0 radical (unpaired) electrons. The molecule has 0 saturated carbocycles. The number of rotatable bonds is 36. The maximum atomic E-state index is 10.4. The first-order chi connectivity index (χ1) is 29.0. The van der Waals surface area contributed by atoms with Crippen LogP contribution in [0.15, 0.2) is 151 Å². The number of aliphatic hydroxyl groups is 1. The van der Waals surface area contributed by atoms with Crippen molar-refractivity contribution in [1.82, 2.24) is 0 Å². The molecule has 1 N–H and O–H groups in total. The van der Waals surface area contributed by atoms with E-state index in [1.807, 2.05) is 0 Å². The summed E-state index contributed by atoms with van der Waals surface area (Å²) in [4.78, 5) is 10.4. The van der Waals surface area contributed by atoms with Crippen LogP contribution in [0.25, 0.3) is 0 Å². The van der Waals surface area contributed by atoms with Crippen molar-refractivity contribution in [3.63, 3.8) is 0 Å². The number of unbranched alkanes of at least 4 members (excludes halogenated alkanes) is 1. The lowest BCUT2D eigenvalue weighted by Gasteiger charge is -2.09. The lowest BCUT2D eigenvalue weighted by Crippen LogP contribution is -2.21.